The van der Waals surface area contributed by atoms with Crippen LogP contribution in [0.1, 0.15) is 62.0 Å². The normalized spacial score (nSPS) is 23.8. The Balaban J connectivity index is 1.25. The van der Waals surface area contributed by atoms with Crippen molar-refractivity contribution in [1.82, 2.24) is 10.2 Å². The summed E-state index contributed by atoms with van der Waals surface area (Å²) in [6.07, 6.45) is 4.73. The first-order valence-corrected chi connectivity index (χ1v) is 12.7. The fourth-order valence-corrected chi connectivity index (χ4v) is 6.06. The predicted molar refractivity (Wildman–Crippen MR) is 131 cm³/mol. The first kappa shape index (κ1) is 23.4. The van der Waals surface area contributed by atoms with E-state index in [-0.39, 0.29) is 24.5 Å². The molecule has 0 radical (unpaired) electrons. The Labute approximate surface area is 205 Å². The number of carboxylic acids is 1. The first-order chi connectivity index (χ1) is 17.0. The SMILES string of the molecule is O=C(N[C@@H]1CCCC[C@@H]1C(=O)N1CCCCC1C(=O)O)OCC1c2ccccc2-c2ccccc21. The van der Waals surface area contributed by atoms with E-state index in [1.807, 2.05) is 24.3 Å². The van der Waals surface area contributed by atoms with E-state index in [1.54, 1.807) is 0 Å². The molecule has 2 fully saturated rings. The Hall–Kier alpha value is -3.35. The van der Waals surface area contributed by atoms with Gasteiger partial charge in [-0.05, 0) is 54.4 Å². The molecule has 7 nitrogen and oxygen atoms in total. The highest BCUT2D eigenvalue weighted by Crippen LogP contribution is 2.44. The lowest BCUT2D eigenvalue weighted by Gasteiger charge is -2.39. The van der Waals surface area contributed by atoms with Crippen molar-refractivity contribution in [3.63, 3.8) is 0 Å². The van der Waals surface area contributed by atoms with Crippen LogP contribution in [0.2, 0.25) is 0 Å². The largest absolute Gasteiger partial charge is 0.480 e. The van der Waals surface area contributed by atoms with Crippen molar-refractivity contribution in [2.45, 2.75) is 62.9 Å². The summed E-state index contributed by atoms with van der Waals surface area (Å²) >= 11 is 0. The summed E-state index contributed by atoms with van der Waals surface area (Å²) in [7, 11) is 0. The van der Waals surface area contributed by atoms with Crippen molar-refractivity contribution in [3.05, 3.63) is 59.7 Å². The summed E-state index contributed by atoms with van der Waals surface area (Å²) in [6, 6.07) is 15.3. The number of piperidine rings is 1. The molecule has 1 unspecified atom stereocenters. The fraction of sp³-hybridized carbons (Fsp3) is 0.464. The van der Waals surface area contributed by atoms with E-state index in [2.05, 4.69) is 29.6 Å². The van der Waals surface area contributed by atoms with Crippen LogP contribution in [0.5, 0.6) is 0 Å². The Morgan fingerprint density at radius 2 is 1.51 bits per heavy atom. The first-order valence-electron chi connectivity index (χ1n) is 12.7. The number of aliphatic carboxylic acids is 1. The monoisotopic (exact) mass is 476 g/mol. The van der Waals surface area contributed by atoms with Gasteiger partial charge in [0.15, 0.2) is 0 Å². The van der Waals surface area contributed by atoms with E-state index in [1.165, 1.54) is 16.0 Å². The van der Waals surface area contributed by atoms with E-state index in [4.69, 9.17) is 4.74 Å². The number of amides is 2. The number of benzene rings is 2. The highest BCUT2D eigenvalue weighted by atomic mass is 16.5. The fourth-order valence-electron chi connectivity index (χ4n) is 6.06. The third-order valence-corrected chi connectivity index (χ3v) is 7.80. The quantitative estimate of drug-likeness (QED) is 0.660. The number of nitrogens with zero attached hydrogens (tertiary/aromatic N) is 1. The lowest BCUT2D eigenvalue weighted by molar-refractivity contribution is -0.154. The van der Waals surface area contributed by atoms with Crippen molar-refractivity contribution in [2.24, 2.45) is 5.92 Å². The van der Waals surface area contributed by atoms with Gasteiger partial charge < -0.3 is 20.1 Å². The molecular weight excluding hydrogens is 444 g/mol. The topological polar surface area (TPSA) is 95.9 Å². The number of likely N-dealkylation sites (tertiary alicyclic amines) is 1. The highest BCUT2D eigenvalue weighted by Gasteiger charge is 2.40. The molecule has 3 aliphatic rings. The molecular formula is C28H32N2O5. The highest BCUT2D eigenvalue weighted by molar-refractivity contribution is 5.86. The zero-order valence-electron chi connectivity index (χ0n) is 19.8. The van der Waals surface area contributed by atoms with Gasteiger partial charge in [-0.1, -0.05) is 61.4 Å². The number of alkyl carbamates (subject to hydrolysis) is 1. The molecule has 5 rings (SSSR count). The average molecular weight is 477 g/mol. The van der Waals surface area contributed by atoms with Crippen LogP contribution in [0, 0.1) is 5.92 Å². The number of carbonyl (C=O) groups is 3. The molecule has 0 bridgehead atoms. The molecule has 2 amide bonds. The molecule has 7 heteroatoms. The van der Waals surface area contributed by atoms with Gasteiger partial charge in [0.1, 0.15) is 12.6 Å². The van der Waals surface area contributed by atoms with Gasteiger partial charge in [0.2, 0.25) is 5.91 Å². The number of fused-ring (bicyclic) bond motifs is 3. The maximum Gasteiger partial charge on any atom is 0.407 e. The Morgan fingerprint density at radius 1 is 0.886 bits per heavy atom. The summed E-state index contributed by atoms with van der Waals surface area (Å²) in [4.78, 5) is 39.5. The Bertz CT molecular complexity index is 1070. The maximum atomic E-state index is 13.4. The smallest absolute Gasteiger partial charge is 0.407 e. The molecule has 1 heterocycles. The van der Waals surface area contributed by atoms with E-state index in [0.717, 1.165) is 36.8 Å². The van der Waals surface area contributed by atoms with Crippen LogP contribution in [-0.2, 0) is 14.3 Å². The molecule has 2 aliphatic carbocycles. The number of hydrogen-bond donors (Lipinski definition) is 2. The number of carbonyl (C=O) groups excluding carboxylic acids is 2. The summed E-state index contributed by atoms with van der Waals surface area (Å²) in [5.74, 6) is -1.54. The van der Waals surface area contributed by atoms with Crippen LogP contribution >= 0.6 is 0 Å². The van der Waals surface area contributed by atoms with Gasteiger partial charge >= 0.3 is 12.1 Å². The molecule has 2 aromatic rings. The van der Waals surface area contributed by atoms with Crippen LogP contribution in [0.25, 0.3) is 11.1 Å². The third-order valence-electron chi connectivity index (χ3n) is 7.80. The van der Waals surface area contributed by atoms with Crippen LogP contribution in [0.15, 0.2) is 48.5 Å². The minimum absolute atomic E-state index is 0.0263. The lowest BCUT2D eigenvalue weighted by Crippen LogP contribution is -2.55. The van der Waals surface area contributed by atoms with E-state index >= 15 is 0 Å². The van der Waals surface area contributed by atoms with Crippen molar-refractivity contribution in [2.75, 3.05) is 13.2 Å². The van der Waals surface area contributed by atoms with Gasteiger partial charge in [0.05, 0.1) is 5.92 Å². The third kappa shape index (κ3) is 4.64. The van der Waals surface area contributed by atoms with Crippen molar-refractivity contribution >= 4 is 18.0 Å². The molecule has 2 aromatic carbocycles. The van der Waals surface area contributed by atoms with Gasteiger partial charge in [0, 0.05) is 18.5 Å². The Morgan fingerprint density at radius 3 is 2.20 bits per heavy atom. The van der Waals surface area contributed by atoms with Gasteiger partial charge in [-0.15, -0.1) is 0 Å². The average Bonchev–Trinajstić information content (AvgIpc) is 3.21. The molecule has 0 spiro atoms. The van der Waals surface area contributed by atoms with Crippen LogP contribution in [0.4, 0.5) is 4.79 Å². The van der Waals surface area contributed by atoms with Crippen molar-refractivity contribution in [3.8, 4) is 11.1 Å². The van der Waals surface area contributed by atoms with Gasteiger partial charge in [-0.25, -0.2) is 9.59 Å². The number of carboxylic acid groups (broad SMARTS) is 1. The van der Waals surface area contributed by atoms with E-state index < -0.39 is 24.0 Å². The summed E-state index contributed by atoms with van der Waals surface area (Å²) in [5, 5.41) is 12.5. The maximum absolute atomic E-state index is 13.4. The molecule has 3 atom stereocenters. The molecule has 184 valence electrons. The van der Waals surface area contributed by atoms with E-state index in [0.29, 0.717) is 25.8 Å². The summed E-state index contributed by atoms with van der Waals surface area (Å²) < 4.78 is 5.71. The standard InChI is InChI=1S/C28H32N2O5/c31-26(30-16-8-7-15-25(30)27(32)33)22-13-5-6-14-24(22)29-28(34)35-17-23-20-11-3-1-9-18(20)19-10-2-4-12-21(19)23/h1-4,9-12,22-25H,5-8,13-17H2,(H,29,34)(H,32,33)/t22-,24+,25?/m0/s1. The molecule has 2 N–H and O–H groups in total. The number of nitrogens with one attached hydrogen (secondary N) is 1. The van der Waals surface area contributed by atoms with Crippen LogP contribution < -0.4 is 5.32 Å². The Kier molecular flexibility index (Phi) is 6.75. The minimum atomic E-state index is -0.949. The van der Waals surface area contributed by atoms with Crippen molar-refractivity contribution in [1.29, 1.82) is 0 Å². The lowest BCUT2D eigenvalue weighted by atomic mass is 9.82. The summed E-state index contributed by atoms with van der Waals surface area (Å²) in [5.41, 5.74) is 4.64. The second-order valence-electron chi connectivity index (χ2n) is 9.85. The summed E-state index contributed by atoms with van der Waals surface area (Å²) in [6.45, 7) is 0.683. The predicted octanol–water partition coefficient (Wildman–Crippen LogP) is 4.55. The number of rotatable bonds is 5. The molecule has 1 saturated carbocycles. The second kappa shape index (κ2) is 10.1. The minimum Gasteiger partial charge on any atom is -0.480 e. The molecule has 1 saturated heterocycles. The van der Waals surface area contributed by atoms with Crippen LogP contribution in [-0.4, -0.2) is 53.2 Å². The number of ether oxygens (including phenoxy) is 1. The molecule has 1 aliphatic heterocycles. The molecule has 0 aromatic heterocycles. The zero-order valence-corrected chi connectivity index (χ0v) is 19.8. The van der Waals surface area contributed by atoms with Gasteiger partial charge in [0.25, 0.3) is 0 Å². The van der Waals surface area contributed by atoms with Crippen molar-refractivity contribution < 1.29 is 24.2 Å². The second-order valence-corrected chi connectivity index (χ2v) is 9.85. The van der Waals surface area contributed by atoms with Gasteiger partial charge in [-0.3, -0.25) is 4.79 Å². The number of hydrogen-bond acceptors (Lipinski definition) is 4. The van der Waals surface area contributed by atoms with Gasteiger partial charge in [-0.2, -0.15) is 0 Å². The molecule has 35 heavy (non-hydrogen) atoms. The zero-order chi connectivity index (χ0) is 24.4. The van der Waals surface area contributed by atoms with Crippen LogP contribution in [0.3, 0.4) is 0 Å². The van der Waals surface area contributed by atoms with E-state index in [9.17, 15) is 19.5 Å².